The van der Waals surface area contributed by atoms with Crippen LogP contribution in [0.15, 0.2) is 36.5 Å². The summed E-state index contributed by atoms with van der Waals surface area (Å²) in [5, 5.41) is 0. The largest absolute Gasteiger partial charge is 0.469 e. The summed E-state index contributed by atoms with van der Waals surface area (Å²) in [6, 6.07) is 0. The molecule has 0 N–H and O–H groups in total. The normalized spacial score (nSPS) is 16.1. The van der Waals surface area contributed by atoms with Crippen molar-refractivity contribution in [2.24, 2.45) is 11.8 Å². The van der Waals surface area contributed by atoms with Gasteiger partial charge < -0.3 is 4.74 Å². The second kappa shape index (κ2) is 15.9. The minimum absolute atomic E-state index is 0.107. The maximum atomic E-state index is 11.0. The van der Waals surface area contributed by atoms with E-state index >= 15 is 0 Å². The molecule has 0 bridgehead atoms. The molecular formula is C24H40O2. The van der Waals surface area contributed by atoms with Crippen molar-refractivity contribution >= 4 is 5.97 Å². The Morgan fingerprint density at radius 2 is 1.58 bits per heavy atom. The third-order valence-corrected chi connectivity index (χ3v) is 5.05. The van der Waals surface area contributed by atoms with E-state index in [1.807, 2.05) is 0 Å². The van der Waals surface area contributed by atoms with Gasteiger partial charge in [0.05, 0.1) is 7.11 Å². The lowest BCUT2D eigenvalue weighted by molar-refractivity contribution is -0.140. The van der Waals surface area contributed by atoms with Crippen molar-refractivity contribution in [2.75, 3.05) is 7.11 Å². The van der Waals surface area contributed by atoms with Crippen LogP contribution >= 0.6 is 0 Å². The molecule has 0 heterocycles. The number of methoxy groups -OCH3 is 1. The van der Waals surface area contributed by atoms with Crippen LogP contribution in [0.5, 0.6) is 0 Å². The van der Waals surface area contributed by atoms with Crippen molar-refractivity contribution in [3.63, 3.8) is 0 Å². The standard InChI is InChI=1S/C24H40O2/c1-3-4-5-6-11-14-17-22(23-20-21-23)18-15-12-9-7-8-10-13-16-19-24(25)26-2/h8,10-11,14-15,18,22-23H,3-7,9,12-13,16-17,19-21H2,1-2H3. The molecule has 1 saturated carbocycles. The molecule has 1 aliphatic carbocycles. The fourth-order valence-corrected chi connectivity index (χ4v) is 3.16. The second-order valence-electron chi connectivity index (χ2n) is 7.50. The van der Waals surface area contributed by atoms with Crippen LogP contribution in [0.2, 0.25) is 0 Å². The second-order valence-corrected chi connectivity index (χ2v) is 7.50. The molecule has 1 aliphatic rings. The minimum Gasteiger partial charge on any atom is -0.469 e. The first-order chi connectivity index (χ1) is 12.8. The number of esters is 1. The fourth-order valence-electron chi connectivity index (χ4n) is 3.16. The molecule has 0 aromatic rings. The first-order valence-electron chi connectivity index (χ1n) is 10.8. The molecule has 2 nitrogen and oxygen atoms in total. The number of hydrogen-bond donors (Lipinski definition) is 0. The van der Waals surface area contributed by atoms with Crippen molar-refractivity contribution in [1.29, 1.82) is 0 Å². The van der Waals surface area contributed by atoms with Crippen molar-refractivity contribution < 1.29 is 9.53 Å². The molecule has 1 fully saturated rings. The van der Waals surface area contributed by atoms with Gasteiger partial charge in [0.25, 0.3) is 0 Å². The van der Waals surface area contributed by atoms with Crippen LogP contribution in [-0.2, 0) is 9.53 Å². The summed E-state index contributed by atoms with van der Waals surface area (Å²) in [6.45, 7) is 2.26. The summed E-state index contributed by atoms with van der Waals surface area (Å²) in [5.74, 6) is 1.61. The van der Waals surface area contributed by atoms with Gasteiger partial charge in [-0.15, -0.1) is 0 Å². The van der Waals surface area contributed by atoms with E-state index in [4.69, 9.17) is 0 Å². The van der Waals surface area contributed by atoms with E-state index in [1.165, 1.54) is 64.9 Å². The molecule has 0 aromatic carbocycles. The average molecular weight is 361 g/mol. The molecule has 148 valence electrons. The molecule has 0 spiro atoms. The highest BCUT2D eigenvalue weighted by molar-refractivity contribution is 5.69. The number of rotatable bonds is 16. The molecule has 0 aromatic heterocycles. The lowest BCUT2D eigenvalue weighted by Gasteiger charge is -2.08. The zero-order valence-corrected chi connectivity index (χ0v) is 17.1. The third-order valence-electron chi connectivity index (χ3n) is 5.05. The molecule has 26 heavy (non-hydrogen) atoms. The number of ether oxygens (including phenoxy) is 1. The Bertz CT molecular complexity index is 429. The van der Waals surface area contributed by atoms with Gasteiger partial charge in [0.2, 0.25) is 0 Å². The van der Waals surface area contributed by atoms with Crippen LogP contribution in [0.25, 0.3) is 0 Å². The highest BCUT2D eigenvalue weighted by Gasteiger charge is 2.28. The Morgan fingerprint density at radius 3 is 2.27 bits per heavy atom. The number of carbonyl (C=O) groups excluding carboxylic acids is 1. The van der Waals surface area contributed by atoms with E-state index in [1.54, 1.807) is 0 Å². The third kappa shape index (κ3) is 13.0. The molecule has 1 atom stereocenters. The van der Waals surface area contributed by atoms with Crippen LogP contribution in [0, 0.1) is 11.8 Å². The van der Waals surface area contributed by atoms with Crippen molar-refractivity contribution in [2.45, 2.75) is 90.4 Å². The van der Waals surface area contributed by atoms with E-state index in [9.17, 15) is 4.79 Å². The van der Waals surface area contributed by atoms with Gasteiger partial charge in [-0.05, 0) is 76.0 Å². The zero-order chi connectivity index (χ0) is 18.9. The number of carbonyl (C=O) groups is 1. The highest BCUT2D eigenvalue weighted by atomic mass is 16.5. The summed E-state index contributed by atoms with van der Waals surface area (Å²) < 4.78 is 4.63. The Hall–Kier alpha value is -1.31. The fraction of sp³-hybridized carbons (Fsp3) is 0.708. The Balaban J connectivity index is 2.06. The lowest BCUT2D eigenvalue weighted by Crippen LogP contribution is -1.98. The molecule has 0 saturated heterocycles. The quantitative estimate of drug-likeness (QED) is 0.166. The minimum atomic E-state index is -0.107. The molecule has 1 unspecified atom stereocenters. The van der Waals surface area contributed by atoms with Crippen LogP contribution < -0.4 is 0 Å². The first kappa shape index (κ1) is 22.7. The van der Waals surface area contributed by atoms with Gasteiger partial charge in [0, 0.05) is 6.42 Å². The van der Waals surface area contributed by atoms with Gasteiger partial charge in [-0.25, -0.2) is 0 Å². The maximum Gasteiger partial charge on any atom is 0.305 e. The van der Waals surface area contributed by atoms with Crippen LogP contribution in [0.4, 0.5) is 0 Å². The smallest absolute Gasteiger partial charge is 0.305 e. The number of hydrogen-bond acceptors (Lipinski definition) is 2. The van der Waals surface area contributed by atoms with Crippen LogP contribution in [0.1, 0.15) is 90.4 Å². The number of allylic oxidation sites excluding steroid dienone is 6. The Labute approximate surface area is 161 Å². The SMILES string of the molecule is CCCCCC=CCC(C=CCCCC=CCCCC(=O)OC)C1CC1. The van der Waals surface area contributed by atoms with E-state index in [0.717, 1.165) is 31.1 Å². The van der Waals surface area contributed by atoms with Crippen LogP contribution in [0.3, 0.4) is 0 Å². The monoisotopic (exact) mass is 360 g/mol. The van der Waals surface area contributed by atoms with Crippen molar-refractivity contribution in [1.82, 2.24) is 0 Å². The van der Waals surface area contributed by atoms with Crippen molar-refractivity contribution in [3.8, 4) is 0 Å². The summed E-state index contributed by atoms with van der Waals surface area (Å²) in [6.07, 6.45) is 29.4. The van der Waals surface area contributed by atoms with E-state index in [0.29, 0.717) is 6.42 Å². The van der Waals surface area contributed by atoms with Gasteiger partial charge in [-0.1, -0.05) is 56.2 Å². The summed E-state index contributed by atoms with van der Waals surface area (Å²) in [5.41, 5.74) is 0. The molecule has 2 heteroatoms. The molecule has 0 amide bonds. The topological polar surface area (TPSA) is 26.3 Å². The summed E-state index contributed by atoms with van der Waals surface area (Å²) in [4.78, 5) is 11.0. The van der Waals surface area contributed by atoms with E-state index in [-0.39, 0.29) is 5.97 Å². The van der Waals surface area contributed by atoms with Gasteiger partial charge in [0.1, 0.15) is 0 Å². The molecular weight excluding hydrogens is 320 g/mol. The zero-order valence-electron chi connectivity index (χ0n) is 17.1. The molecule has 0 aliphatic heterocycles. The summed E-state index contributed by atoms with van der Waals surface area (Å²) in [7, 11) is 1.45. The molecule has 1 rings (SSSR count). The first-order valence-corrected chi connectivity index (χ1v) is 10.8. The molecule has 0 radical (unpaired) electrons. The number of unbranched alkanes of at least 4 members (excludes halogenated alkanes) is 6. The average Bonchev–Trinajstić information content (AvgIpc) is 3.49. The predicted molar refractivity (Wildman–Crippen MR) is 112 cm³/mol. The maximum absolute atomic E-state index is 11.0. The lowest BCUT2D eigenvalue weighted by atomic mass is 9.98. The van der Waals surface area contributed by atoms with Gasteiger partial charge in [-0.3, -0.25) is 4.79 Å². The highest BCUT2D eigenvalue weighted by Crippen LogP contribution is 2.39. The van der Waals surface area contributed by atoms with Crippen LogP contribution in [-0.4, -0.2) is 13.1 Å². The van der Waals surface area contributed by atoms with Gasteiger partial charge >= 0.3 is 5.97 Å². The van der Waals surface area contributed by atoms with Crippen molar-refractivity contribution in [3.05, 3.63) is 36.5 Å². The van der Waals surface area contributed by atoms with Gasteiger partial charge in [-0.2, -0.15) is 0 Å². The van der Waals surface area contributed by atoms with E-state index < -0.39 is 0 Å². The summed E-state index contributed by atoms with van der Waals surface area (Å²) >= 11 is 0. The predicted octanol–water partition coefficient (Wildman–Crippen LogP) is 7.17. The Kier molecular flexibility index (Phi) is 13.9. The Morgan fingerprint density at radius 1 is 0.923 bits per heavy atom. The van der Waals surface area contributed by atoms with E-state index in [2.05, 4.69) is 48.1 Å². The van der Waals surface area contributed by atoms with Gasteiger partial charge in [0.15, 0.2) is 0 Å².